The fourth-order valence-corrected chi connectivity index (χ4v) is 3.84. The van der Waals surface area contributed by atoms with E-state index in [1.54, 1.807) is 0 Å². The van der Waals surface area contributed by atoms with E-state index in [1.807, 2.05) is 59.5 Å². The van der Waals surface area contributed by atoms with Crippen molar-refractivity contribution >= 4 is 17.5 Å². The topological polar surface area (TPSA) is 88.3 Å². The number of hydrogen-bond donors (Lipinski definition) is 1. The van der Waals surface area contributed by atoms with Gasteiger partial charge in [0.05, 0.1) is 6.42 Å². The Morgan fingerprint density at radius 3 is 2.39 bits per heavy atom. The number of carbonyl (C=O) groups excluding carboxylic acids is 2. The summed E-state index contributed by atoms with van der Waals surface area (Å²) in [5, 5.41) is 6.97. The molecule has 1 saturated heterocycles. The zero-order valence-electron chi connectivity index (χ0n) is 17.8. The molecule has 1 fully saturated rings. The molecule has 0 atom stereocenters. The summed E-state index contributed by atoms with van der Waals surface area (Å²) in [7, 11) is 0. The fraction of sp³-hybridized carbons (Fsp3) is 0.333. The Morgan fingerprint density at radius 1 is 1.06 bits per heavy atom. The summed E-state index contributed by atoms with van der Waals surface area (Å²) in [4.78, 5) is 30.4. The lowest BCUT2D eigenvalue weighted by Gasteiger charge is -2.37. The van der Waals surface area contributed by atoms with Crippen LogP contribution in [0.4, 0.5) is 5.69 Å². The molecule has 4 rings (SSSR count). The van der Waals surface area contributed by atoms with Crippen LogP contribution in [0.25, 0.3) is 11.5 Å². The SMILES string of the molecule is CC(=O)Nc1ccc(CC(=O)N2CCC(C)(c3noc(-c4ccccc4)n3)CC2)cc1. The molecule has 0 spiro atoms. The summed E-state index contributed by atoms with van der Waals surface area (Å²) in [5.74, 6) is 1.22. The molecule has 7 heteroatoms. The van der Waals surface area contributed by atoms with E-state index in [0.717, 1.165) is 29.7 Å². The summed E-state index contributed by atoms with van der Waals surface area (Å²) in [6.07, 6.45) is 1.92. The van der Waals surface area contributed by atoms with Gasteiger partial charge in [-0.05, 0) is 42.7 Å². The van der Waals surface area contributed by atoms with E-state index < -0.39 is 0 Å². The third kappa shape index (κ3) is 4.82. The van der Waals surface area contributed by atoms with Crippen molar-refractivity contribution in [3.8, 4) is 11.5 Å². The standard InChI is InChI=1S/C24H26N4O3/c1-17(29)25-20-10-8-18(9-11-20)16-21(30)28-14-12-24(2,13-15-28)23-26-22(31-27-23)19-6-4-3-5-7-19/h3-11H,12-16H2,1-2H3,(H,25,29). The molecule has 0 saturated carbocycles. The molecule has 160 valence electrons. The monoisotopic (exact) mass is 418 g/mol. The van der Waals surface area contributed by atoms with Crippen molar-refractivity contribution in [2.45, 2.75) is 38.5 Å². The van der Waals surface area contributed by atoms with E-state index in [2.05, 4.69) is 22.4 Å². The van der Waals surface area contributed by atoms with Gasteiger partial charge in [0.15, 0.2) is 5.82 Å². The number of anilines is 1. The van der Waals surface area contributed by atoms with Crippen LogP contribution in [-0.4, -0.2) is 39.9 Å². The zero-order valence-corrected chi connectivity index (χ0v) is 17.8. The second-order valence-corrected chi connectivity index (χ2v) is 8.29. The van der Waals surface area contributed by atoms with E-state index in [9.17, 15) is 9.59 Å². The molecule has 2 aromatic carbocycles. The molecule has 1 aromatic heterocycles. The van der Waals surface area contributed by atoms with Gasteiger partial charge in [0.1, 0.15) is 0 Å². The van der Waals surface area contributed by atoms with Crippen LogP contribution in [0.2, 0.25) is 0 Å². The predicted octanol–water partition coefficient (Wildman–Crippen LogP) is 3.82. The first-order valence-corrected chi connectivity index (χ1v) is 10.5. The molecule has 3 aromatic rings. The summed E-state index contributed by atoms with van der Waals surface area (Å²) in [6, 6.07) is 17.1. The lowest BCUT2D eigenvalue weighted by Crippen LogP contribution is -2.44. The number of likely N-dealkylation sites (tertiary alicyclic amines) is 1. The van der Waals surface area contributed by atoms with Crippen molar-refractivity contribution in [1.29, 1.82) is 0 Å². The summed E-state index contributed by atoms with van der Waals surface area (Å²) in [6.45, 7) is 4.93. The molecule has 0 bridgehead atoms. The summed E-state index contributed by atoms with van der Waals surface area (Å²) in [5.41, 5.74) is 2.35. The Kier molecular flexibility index (Phi) is 5.84. The first-order chi connectivity index (χ1) is 14.9. The van der Waals surface area contributed by atoms with Crippen molar-refractivity contribution in [2.75, 3.05) is 18.4 Å². The lowest BCUT2D eigenvalue weighted by molar-refractivity contribution is -0.132. The minimum atomic E-state index is -0.215. The van der Waals surface area contributed by atoms with Gasteiger partial charge < -0.3 is 14.7 Å². The van der Waals surface area contributed by atoms with Crippen LogP contribution in [0, 0.1) is 0 Å². The third-order valence-electron chi connectivity index (χ3n) is 5.84. The predicted molar refractivity (Wildman–Crippen MR) is 117 cm³/mol. The molecule has 31 heavy (non-hydrogen) atoms. The van der Waals surface area contributed by atoms with Gasteiger partial charge in [-0.2, -0.15) is 4.98 Å². The van der Waals surface area contributed by atoms with Crippen LogP contribution in [-0.2, 0) is 21.4 Å². The Labute approximate surface area is 181 Å². The number of carbonyl (C=O) groups is 2. The highest BCUT2D eigenvalue weighted by Crippen LogP contribution is 2.34. The largest absolute Gasteiger partial charge is 0.342 e. The Morgan fingerprint density at radius 2 is 1.74 bits per heavy atom. The van der Waals surface area contributed by atoms with Gasteiger partial charge in [0, 0.05) is 36.7 Å². The van der Waals surface area contributed by atoms with E-state index >= 15 is 0 Å². The number of nitrogens with zero attached hydrogens (tertiary/aromatic N) is 3. The van der Waals surface area contributed by atoms with Gasteiger partial charge >= 0.3 is 0 Å². The van der Waals surface area contributed by atoms with E-state index in [-0.39, 0.29) is 17.2 Å². The van der Waals surface area contributed by atoms with Crippen molar-refractivity contribution in [1.82, 2.24) is 15.0 Å². The molecule has 0 radical (unpaired) electrons. The Bertz CT molecular complexity index is 1050. The van der Waals surface area contributed by atoms with Crippen molar-refractivity contribution in [2.24, 2.45) is 0 Å². The van der Waals surface area contributed by atoms with Crippen LogP contribution in [0.1, 0.15) is 38.1 Å². The van der Waals surface area contributed by atoms with Crippen LogP contribution in [0.15, 0.2) is 59.1 Å². The van der Waals surface area contributed by atoms with E-state index in [4.69, 9.17) is 4.52 Å². The van der Waals surface area contributed by atoms with Crippen LogP contribution >= 0.6 is 0 Å². The Balaban J connectivity index is 1.35. The zero-order chi connectivity index (χ0) is 21.8. The van der Waals surface area contributed by atoms with Gasteiger partial charge in [0.25, 0.3) is 5.89 Å². The second-order valence-electron chi connectivity index (χ2n) is 8.29. The van der Waals surface area contributed by atoms with Gasteiger partial charge in [-0.3, -0.25) is 9.59 Å². The number of hydrogen-bond acceptors (Lipinski definition) is 5. The van der Waals surface area contributed by atoms with Gasteiger partial charge in [0.2, 0.25) is 11.8 Å². The van der Waals surface area contributed by atoms with E-state index in [1.165, 1.54) is 6.92 Å². The molecule has 0 aliphatic carbocycles. The quantitative estimate of drug-likeness (QED) is 0.681. The number of amides is 2. The maximum atomic E-state index is 12.8. The first kappa shape index (κ1) is 20.8. The smallest absolute Gasteiger partial charge is 0.257 e. The number of piperidine rings is 1. The molecule has 1 aliphatic heterocycles. The highest BCUT2D eigenvalue weighted by molar-refractivity contribution is 5.88. The number of benzene rings is 2. The molecule has 1 N–H and O–H groups in total. The fourth-order valence-electron chi connectivity index (χ4n) is 3.84. The summed E-state index contributed by atoms with van der Waals surface area (Å²) >= 11 is 0. The molecular weight excluding hydrogens is 392 g/mol. The normalized spacial score (nSPS) is 15.5. The van der Waals surface area contributed by atoms with Crippen LogP contribution < -0.4 is 5.32 Å². The first-order valence-electron chi connectivity index (χ1n) is 10.5. The van der Waals surface area contributed by atoms with Crippen molar-refractivity contribution < 1.29 is 14.1 Å². The third-order valence-corrected chi connectivity index (χ3v) is 5.84. The van der Waals surface area contributed by atoms with Gasteiger partial charge in [-0.1, -0.05) is 42.4 Å². The minimum Gasteiger partial charge on any atom is -0.342 e. The maximum Gasteiger partial charge on any atom is 0.257 e. The Hall–Kier alpha value is -3.48. The number of rotatable bonds is 5. The van der Waals surface area contributed by atoms with E-state index in [0.29, 0.717) is 31.2 Å². The highest BCUT2D eigenvalue weighted by Gasteiger charge is 2.37. The van der Waals surface area contributed by atoms with Crippen LogP contribution in [0.3, 0.4) is 0 Å². The lowest BCUT2D eigenvalue weighted by atomic mass is 9.79. The molecule has 1 aliphatic rings. The molecule has 7 nitrogen and oxygen atoms in total. The molecule has 2 amide bonds. The molecule has 2 heterocycles. The van der Waals surface area contributed by atoms with Crippen molar-refractivity contribution in [3.05, 3.63) is 66.0 Å². The van der Waals surface area contributed by atoms with Crippen molar-refractivity contribution in [3.63, 3.8) is 0 Å². The highest BCUT2D eigenvalue weighted by atomic mass is 16.5. The maximum absolute atomic E-state index is 12.8. The minimum absolute atomic E-state index is 0.104. The van der Waals surface area contributed by atoms with Gasteiger partial charge in [-0.25, -0.2) is 0 Å². The average Bonchev–Trinajstić information content (AvgIpc) is 3.27. The molecule has 0 unspecified atom stereocenters. The van der Waals surface area contributed by atoms with Gasteiger partial charge in [-0.15, -0.1) is 0 Å². The average molecular weight is 418 g/mol. The molecular formula is C24H26N4O3. The number of aromatic nitrogens is 2. The van der Waals surface area contributed by atoms with Crippen LogP contribution in [0.5, 0.6) is 0 Å². The summed E-state index contributed by atoms with van der Waals surface area (Å²) < 4.78 is 5.49. The number of nitrogens with one attached hydrogen (secondary N) is 1. The second kappa shape index (κ2) is 8.71.